The SMILES string of the molecule is Cl.NCCC(=O)NCC1CCCCN1CC1CCCCCC1. The molecule has 1 heterocycles. The lowest BCUT2D eigenvalue weighted by Crippen LogP contribution is -2.48. The van der Waals surface area contributed by atoms with Gasteiger partial charge >= 0.3 is 0 Å². The number of carbonyl (C=O) groups excluding carboxylic acids is 1. The maximum atomic E-state index is 11.6. The van der Waals surface area contributed by atoms with E-state index in [1.807, 2.05) is 0 Å². The fraction of sp³-hybridized carbons (Fsp3) is 0.941. The van der Waals surface area contributed by atoms with Crippen molar-refractivity contribution < 1.29 is 4.79 Å². The first kappa shape index (κ1) is 19.7. The summed E-state index contributed by atoms with van der Waals surface area (Å²) in [6.45, 7) is 3.72. The van der Waals surface area contributed by atoms with E-state index in [1.54, 1.807) is 0 Å². The van der Waals surface area contributed by atoms with Gasteiger partial charge in [-0.3, -0.25) is 9.69 Å². The Morgan fingerprint density at radius 2 is 1.73 bits per heavy atom. The predicted octanol–water partition coefficient (Wildman–Crippen LogP) is 2.70. The fourth-order valence-electron chi connectivity index (χ4n) is 3.86. The van der Waals surface area contributed by atoms with Crippen LogP contribution in [0.1, 0.15) is 64.2 Å². The summed E-state index contributed by atoms with van der Waals surface area (Å²) < 4.78 is 0. The Hall–Kier alpha value is -0.320. The highest BCUT2D eigenvalue weighted by Gasteiger charge is 2.25. The molecule has 0 bridgehead atoms. The number of halogens is 1. The van der Waals surface area contributed by atoms with Crippen LogP contribution in [0.4, 0.5) is 0 Å². The third-order valence-corrected chi connectivity index (χ3v) is 5.12. The van der Waals surface area contributed by atoms with E-state index >= 15 is 0 Å². The molecule has 1 amide bonds. The van der Waals surface area contributed by atoms with Crippen LogP contribution < -0.4 is 11.1 Å². The van der Waals surface area contributed by atoms with E-state index in [2.05, 4.69) is 10.2 Å². The van der Waals surface area contributed by atoms with E-state index in [0.29, 0.717) is 19.0 Å². The summed E-state index contributed by atoms with van der Waals surface area (Å²) >= 11 is 0. The third kappa shape index (κ3) is 6.84. The molecule has 1 saturated heterocycles. The van der Waals surface area contributed by atoms with Crippen molar-refractivity contribution in [1.29, 1.82) is 0 Å². The highest BCUT2D eigenvalue weighted by Crippen LogP contribution is 2.26. The molecule has 22 heavy (non-hydrogen) atoms. The van der Waals surface area contributed by atoms with Crippen molar-refractivity contribution in [3.8, 4) is 0 Å². The molecule has 0 aromatic heterocycles. The summed E-state index contributed by atoms with van der Waals surface area (Å²) in [6.07, 6.45) is 12.8. The average molecular weight is 332 g/mol. The first-order valence-electron chi connectivity index (χ1n) is 9.00. The second-order valence-corrected chi connectivity index (χ2v) is 6.84. The zero-order valence-corrected chi connectivity index (χ0v) is 14.7. The number of hydrogen-bond acceptors (Lipinski definition) is 3. The lowest BCUT2D eigenvalue weighted by atomic mass is 9.95. The van der Waals surface area contributed by atoms with E-state index in [1.165, 1.54) is 70.9 Å². The molecule has 130 valence electrons. The Labute approximate surface area is 142 Å². The quantitative estimate of drug-likeness (QED) is 0.736. The number of nitrogens with one attached hydrogen (secondary N) is 1. The molecule has 0 spiro atoms. The Morgan fingerprint density at radius 3 is 2.41 bits per heavy atom. The van der Waals surface area contributed by atoms with Gasteiger partial charge in [-0.15, -0.1) is 12.4 Å². The highest BCUT2D eigenvalue weighted by molar-refractivity contribution is 5.85. The third-order valence-electron chi connectivity index (χ3n) is 5.12. The van der Waals surface area contributed by atoms with Gasteiger partial charge in [0.15, 0.2) is 0 Å². The fourth-order valence-corrected chi connectivity index (χ4v) is 3.86. The molecule has 1 aliphatic carbocycles. The van der Waals surface area contributed by atoms with E-state index in [9.17, 15) is 4.79 Å². The molecule has 0 aromatic rings. The molecule has 1 aliphatic heterocycles. The van der Waals surface area contributed by atoms with E-state index < -0.39 is 0 Å². The van der Waals surface area contributed by atoms with Crippen molar-refractivity contribution in [2.24, 2.45) is 11.7 Å². The van der Waals surface area contributed by atoms with Gasteiger partial charge in [-0.1, -0.05) is 32.1 Å². The maximum Gasteiger partial charge on any atom is 0.221 e. The highest BCUT2D eigenvalue weighted by atomic mass is 35.5. The summed E-state index contributed by atoms with van der Waals surface area (Å²) in [6, 6.07) is 0.545. The van der Waals surface area contributed by atoms with Gasteiger partial charge in [0.05, 0.1) is 0 Å². The topological polar surface area (TPSA) is 58.4 Å². The minimum absolute atomic E-state index is 0. The summed E-state index contributed by atoms with van der Waals surface area (Å²) in [4.78, 5) is 14.3. The molecule has 5 heteroatoms. The lowest BCUT2D eigenvalue weighted by molar-refractivity contribution is -0.121. The van der Waals surface area contributed by atoms with Gasteiger partial charge in [0, 0.05) is 32.1 Å². The first-order valence-corrected chi connectivity index (χ1v) is 9.00. The number of nitrogens with zero attached hydrogens (tertiary/aromatic N) is 1. The van der Waals surface area contributed by atoms with Crippen LogP contribution >= 0.6 is 12.4 Å². The first-order chi connectivity index (χ1) is 10.3. The van der Waals surface area contributed by atoms with Crippen LogP contribution in [0.15, 0.2) is 0 Å². The van der Waals surface area contributed by atoms with Crippen molar-refractivity contribution in [2.75, 3.05) is 26.2 Å². The summed E-state index contributed by atoms with van der Waals surface area (Å²) in [5.41, 5.74) is 5.43. The van der Waals surface area contributed by atoms with E-state index in [0.717, 1.165) is 12.5 Å². The van der Waals surface area contributed by atoms with Gasteiger partial charge < -0.3 is 11.1 Å². The van der Waals surface area contributed by atoms with Crippen LogP contribution in [0, 0.1) is 5.92 Å². The van der Waals surface area contributed by atoms with Gasteiger partial charge in [0.1, 0.15) is 0 Å². The average Bonchev–Trinajstić information content (AvgIpc) is 2.75. The number of nitrogens with two attached hydrogens (primary N) is 1. The van der Waals surface area contributed by atoms with Crippen LogP contribution in [0.5, 0.6) is 0 Å². The molecule has 2 aliphatic rings. The minimum Gasteiger partial charge on any atom is -0.354 e. The van der Waals surface area contributed by atoms with Crippen molar-refractivity contribution in [3.05, 3.63) is 0 Å². The largest absolute Gasteiger partial charge is 0.354 e. The Bertz CT molecular complexity index is 306. The monoisotopic (exact) mass is 331 g/mol. The molecule has 3 N–H and O–H groups in total. The van der Waals surface area contributed by atoms with Crippen molar-refractivity contribution in [3.63, 3.8) is 0 Å². The zero-order chi connectivity index (χ0) is 14.9. The number of likely N-dealkylation sites (tertiary alicyclic amines) is 1. The molecule has 0 aromatic carbocycles. The summed E-state index contributed by atoms with van der Waals surface area (Å²) in [7, 11) is 0. The molecule has 2 fully saturated rings. The molecular weight excluding hydrogens is 298 g/mol. The molecular formula is C17H34ClN3O. The minimum atomic E-state index is 0. The van der Waals surface area contributed by atoms with Crippen molar-refractivity contribution >= 4 is 18.3 Å². The van der Waals surface area contributed by atoms with Crippen molar-refractivity contribution in [2.45, 2.75) is 70.3 Å². The second kappa shape index (κ2) is 11.3. The van der Waals surface area contributed by atoms with Crippen LogP contribution in [0.2, 0.25) is 0 Å². The second-order valence-electron chi connectivity index (χ2n) is 6.84. The Balaban J connectivity index is 0.00000242. The van der Waals surface area contributed by atoms with Crippen molar-refractivity contribution in [1.82, 2.24) is 10.2 Å². The van der Waals surface area contributed by atoms with Crippen LogP contribution in [0.25, 0.3) is 0 Å². The molecule has 4 nitrogen and oxygen atoms in total. The van der Waals surface area contributed by atoms with Gasteiger partial charge in [-0.05, 0) is 38.1 Å². The van der Waals surface area contributed by atoms with Gasteiger partial charge in [0.25, 0.3) is 0 Å². The number of rotatable bonds is 6. The van der Waals surface area contributed by atoms with Crippen LogP contribution in [-0.4, -0.2) is 43.0 Å². The lowest BCUT2D eigenvalue weighted by Gasteiger charge is -2.38. The Morgan fingerprint density at radius 1 is 1.05 bits per heavy atom. The number of hydrogen-bond donors (Lipinski definition) is 2. The van der Waals surface area contributed by atoms with E-state index in [-0.39, 0.29) is 18.3 Å². The Kier molecular flexibility index (Phi) is 10.1. The van der Waals surface area contributed by atoms with Crippen LogP contribution in [0.3, 0.4) is 0 Å². The molecule has 1 atom stereocenters. The van der Waals surface area contributed by atoms with Gasteiger partial charge in [-0.2, -0.15) is 0 Å². The van der Waals surface area contributed by atoms with Gasteiger partial charge in [0.2, 0.25) is 5.91 Å². The summed E-state index contributed by atoms with van der Waals surface area (Å²) in [5.74, 6) is 0.991. The smallest absolute Gasteiger partial charge is 0.221 e. The maximum absolute atomic E-state index is 11.6. The molecule has 1 saturated carbocycles. The van der Waals surface area contributed by atoms with Gasteiger partial charge in [-0.25, -0.2) is 0 Å². The normalized spacial score (nSPS) is 24.3. The molecule has 0 radical (unpaired) electrons. The predicted molar refractivity (Wildman–Crippen MR) is 94.3 cm³/mol. The standard InChI is InChI=1S/C17H33N3O.ClH/c18-11-10-17(21)19-13-16-9-5-6-12-20(16)14-15-7-3-1-2-4-8-15;/h15-16H,1-14,18H2,(H,19,21);1H. The summed E-state index contributed by atoms with van der Waals surface area (Å²) in [5, 5.41) is 3.07. The van der Waals surface area contributed by atoms with Crippen LogP contribution in [-0.2, 0) is 4.79 Å². The number of carbonyl (C=O) groups is 1. The van der Waals surface area contributed by atoms with E-state index in [4.69, 9.17) is 5.73 Å². The number of amides is 1. The molecule has 1 unspecified atom stereocenters. The molecule has 2 rings (SSSR count). The number of piperidine rings is 1. The zero-order valence-electron chi connectivity index (χ0n) is 13.9.